The SMILES string of the molecule is CC[C@@H](C)[C@@H](NC(=O)C(C)C)C(=O)Nc1nnc(-c2ccc(F)cc2)s1. The van der Waals surface area contributed by atoms with Gasteiger partial charge in [-0.3, -0.25) is 14.9 Å². The highest BCUT2D eigenvalue weighted by Crippen LogP contribution is 2.26. The zero-order chi connectivity index (χ0) is 19.3. The minimum atomic E-state index is -0.645. The first kappa shape index (κ1) is 20.0. The summed E-state index contributed by atoms with van der Waals surface area (Å²) in [7, 11) is 0. The maximum atomic E-state index is 13.0. The molecule has 0 radical (unpaired) electrons. The van der Waals surface area contributed by atoms with E-state index in [9.17, 15) is 14.0 Å². The summed E-state index contributed by atoms with van der Waals surface area (Å²) >= 11 is 1.19. The molecule has 0 unspecified atom stereocenters. The Bertz CT molecular complexity index is 761. The van der Waals surface area contributed by atoms with Gasteiger partial charge in [0.05, 0.1) is 0 Å². The summed E-state index contributed by atoms with van der Waals surface area (Å²) < 4.78 is 13.0. The summed E-state index contributed by atoms with van der Waals surface area (Å²) in [4.78, 5) is 24.6. The third-order valence-corrected chi connectivity index (χ3v) is 4.95. The lowest BCUT2D eigenvalue weighted by Gasteiger charge is -2.23. The Labute approximate surface area is 156 Å². The van der Waals surface area contributed by atoms with E-state index in [1.807, 2.05) is 13.8 Å². The molecule has 2 rings (SSSR count). The molecule has 1 aromatic heterocycles. The molecule has 0 aliphatic rings. The largest absolute Gasteiger partial charge is 0.344 e. The molecule has 8 heteroatoms. The zero-order valence-corrected chi connectivity index (χ0v) is 16.1. The monoisotopic (exact) mass is 378 g/mol. The van der Waals surface area contributed by atoms with Gasteiger partial charge in [-0.15, -0.1) is 10.2 Å². The highest BCUT2D eigenvalue weighted by Gasteiger charge is 2.27. The normalized spacial score (nSPS) is 13.3. The number of nitrogens with zero attached hydrogens (tertiary/aromatic N) is 2. The van der Waals surface area contributed by atoms with Gasteiger partial charge in [0.25, 0.3) is 0 Å². The number of carbonyl (C=O) groups is 2. The van der Waals surface area contributed by atoms with E-state index in [1.165, 1.54) is 23.5 Å². The average Bonchev–Trinajstić information content (AvgIpc) is 3.07. The third-order valence-electron chi connectivity index (χ3n) is 4.06. The second kappa shape index (κ2) is 8.84. The van der Waals surface area contributed by atoms with Crippen molar-refractivity contribution in [2.45, 2.75) is 40.2 Å². The van der Waals surface area contributed by atoms with Crippen LogP contribution in [0.1, 0.15) is 34.1 Å². The first-order valence-corrected chi connectivity index (χ1v) is 9.34. The van der Waals surface area contributed by atoms with E-state index in [4.69, 9.17) is 0 Å². The number of halogens is 1. The number of anilines is 1. The number of hydrogen-bond acceptors (Lipinski definition) is 5. The summed E-state index contributed by atoms with van der Waals surface area (Å²) in [5, 5.41) is 14.4. The third kappa shape index (κ3) is 5.08. The Morgan fingerprint density at radius 1 is 1.12 bits per heavy atom. The van der Waals surface area contributed by atoms with Crippen molar-refractivity contribution in [1.29, 1.82) is 0 Å². The van der Waals surface area contributed by atoms with Crippen LogP contribution in [-0.2, 0) is 9.59 Å². The molecule has 0 aliphatic heterocycles. The van der Waals surface area contributed by atoms with E-state index in [0.29, 0.717) is 10.1 Å². The number of aromatic nitrogens is 2. The van der Waals surface area contributed by atoms with Crippen LogP contribution in [0.3, 0.4) is 0 Å². The van der Waals surface area contributed by atoms with E-state index < -0.39 is 6.04 Å². The van der Waals surface area contributed by atoms with Crippen LogP contribution in [0.15, 0.2) is 24.3 Å². The lowest BCUT2D eigenvalue weighted by molar-refractivity contribution is -0.129. The molecule has 1 heterocycles. The molecule has 0 saturated carbocycles. The number of hydrogen-bond donors (Lipinski definition) is 2. The van der Waals surface area contributed by atoms with Crippen molar-refractivity contribution < 1.29 is 14.0 Å². The van der Waals surface area contributed by atoms with Gasteiger partial charge in [-0.1, -0.05) is 45.5 Å². The van der Waals surface area contributed by atoms with Gasteiger partial charge in [0, 0.05) is 11.5 Å². The Morgan fingerprint density at radius 2 is 1.77 bits per heavy atom. The summed E-state index contributed by atoms with van der Waals surface area (Å²) in [6, 6.07) is 5.25. The fourth-order valence-corrected chi connectivity index (χ4v) is 2.94. The van der Waals surface area contributed by atoms with Gasteiger partial charge >= 0.3 is 0 Å². The van der Waals surface area contributed by atoms with Gasteiger partial charge in [0.2, 0.25) is 16.9 Å². The Morgan fingerprint density at radius 3 is 2.35 bits per heavy atom. The highest BCUT2D eigenvalue weighted by atomic mass is 32.1. The highest BCUT2D eigenvalue weighted by molar-refractivity contribution is 7.18. The van der Waals surface area contributed by atoms with Crippen LogP contribution in [0.2, 0.25) is 0 Å². The quantitative estimate of drug-likeness (QED) is 0.773. The Balaban J connectivity index is 2.11. The predicted molar refractivity (Wildman–Crippen MR) is 100 cm³/mol. The smallest absolute Gasteiger partial charge is 0.249 e. The van der Waals surface area contributed by atoms with E-state index in [-0.39, 0.29) is 29.5 Å². The van der Waals surface area contributed by atoms with E-state index >= 15 is 0 Å². The first-order chi connectivity index (χ1) is 12.3. The number of carbonyl (C=O) groups excluding carboxylic acids is 2. The van der Waals surface area contributed by atoms with E-state index in [0.717, 1.165) is 12.0 Å². The lowest BCUT2D eigenvalue weighted by atomic mass is 9.97. The standard InChI is InChI=1S/C18H23FN4O2S/c1-5-11(4)14(20-15(24)10(2)3)16(25)21-18-23-22-17(26-18)12-6-8-13(19)9-7-12/h6-11,14H,5H2,1-4H3,(H,20,24)(H,21,23,25)/t11-,14-/m1/s1. The fraction of sp³-hybridized carbons (Fsp3) is 0.444. The molecular weight excluding hydrogens is 355 g/mol. The molecule has 0 bridgehead atoms. The van der Waals surface area contributed by atoms with Crippen LogP contribution in [-0.4, -0.2) is 28.1 Å². The van der Waals surface area contributed by atoms with Crippen molar-refractivity contribution in [2.24, 2.45) is 11.8 Å². The van der Waals surface area contributed by atoms with Gasteiger partial charge in [-0.05, 0) is 30.2 Å². The molecule has 0 saturated heterocycles. The molecule has 0 fully saturated rings. The van der Waals surface area contributed by atoms with Crippen molar-refractivity contribution in [3.8, 4) is 10.6 Å². The Kier molecular flexibility index (Phi) is 6.79. The minimum absolute atomic E-state index is 0.0257. The molecule has 140 valence electrons. The van der Waals surface area contributed by atoms with Gasteiger partial charge in [-0.2, -0.15) is 0 Å². The summed E-state index contributed by atoms with van der Waals surface area (Å²) in [6.45, 7) is 7.43. The van der Waals surface area contributed by atoms with Crippen LogP contribution in [0.25, 0.3) is 10.6 Å². The van der Waals surface area contributed by atoms with E-state index in [2.05, 4.69) is 20.8 Å². The second-order valence-corrected chi connectivity index (χ2v) is 7.41. The lowest BCUT2D eigenvalue weighted by Crippen LogP contribution is -2.48. The summed E-state index contributed by atoms with van der Waals surface area (Å²) in [5.74, 6) is -1.06. The molecule has 1 aromatic carbocycles. The molecule has 0 spiro atoms. The molecule has 6 nitrogen and oxygen atoms in total. The van der Waals surface area contributed by atoms with Crippen LogP contribution >= 0.6 is 11.3 Å². The van der Waals surface area contributed by atoms with Gasteiger partial charge in [0.15, 0.2) is 0 Å². The van der Waals surface area contributed by atoms with Crippen LogP contribution < -0.4 is 10.6 Å². The van der Waals surface area contributed by atoms with Crippen LogP contribution in [0.5, 0.6) is 0 Å². The van der Waals surface area contributed by atoms with Crippen molar-refractivity contribution >= 4 is 28.3 Å². The number of benzene rings is 1. The van der Waals surface area contributed by atoms with Gasteiger partial charge in [-0.25, -0.2) is 4.39 Å². The molecule has 2 aromatic rings. The van der Waals surface area contributed by atoms with Crippen molar-refractivity contribution in [2.75, 3.05) is 5.32 Å². The number of nitrogens with one attached hydrogen (secondary N) is 2. The summed E-state index contributed by atoms with van der Waals surface area (Å²) in [5.41, 5.74) is 0.719. The van der Waals surface area contributed by atoms with E-state index in [1.54, 1.807) is 26.0 Å². The van der Waals surface area contributed by atoms with Gasteiger partial charge in [0.1, 0.15) is 16.9 Å². The fourth-order valence-electron chi connectivity index (χ4n) is 2.19. The van der Waals surface area contributed by atoms with Crippen molar-refractivity contribution in [1.82, 2.24) is 15.5 Å². The van der Waals surface area contributed by atoms with Crippen LogP contribution in [0.4, 0.5) is 9.52 Å². The maximum Gasteiger partial charge on any atom is 0.249 e. The topological polar surface area (TPSA) is 84.0 Å². The Hall–Kier alpha value is -2.35. The predicted octanol–water partition coefficient (Wildman–Crippen LogP) is 3.47. The number of rotatable bonds is 7. The van der Waals surface area contributed by atoms with Crippen LogP contribution in [0, 0.1) is 17.7 Å². The first-order valence-electron chi connectivity index (χ1n) is 8.52. The number of amides is 2. The molecule has 2 amide bonds. The average molecular weight is 378 g/mol. The molecule has 0 aliphatic carbocycles. The molecule has 2 N–H and O–H groups in total. The second-order valence-electron chi connectivity index (χ2n) is 6.44. The summed E-state index contributed by atoms with van der Waals surface area (Å²) in [6.07, 6.45) is 0.743. The van der Waals surface area contributed by atoms with Crippen molar-refractivity contribution in [3.63, 3.8) is 0 Å². The molecule has 26 heavy (non-hydrogen) atoms. The molecular formula is C18H23FN4O2S. The van der Waals surface area contributed by atoms with Gasteiger partial charge < -0.3 is 5.32 Å². The molecule has 2 atom stereocenters. The zero-order valence-electron chi connectivity index (χ0n) is 15.2. The minimum Gasteiger partial charge on any atom is -0.344 e. The maximum absolute atomic E-state index is 13.0. The van der Waals surface area contributed by atoms with Crippen molar-refractivity contribution in [3.05, 3.63) is 30.1 Å².